The molecule has 2 aliphatic heterocycles. The minimum absolute atomic E-state index is 0.0612. The third-order valence-electron chi connectivity index (χ3n) is 10.7. The Morgan fingerprint density at radius 2 is 1.79 bits per heavy atom. The summed E-state index contributed by atoms with van der Waals surface area (Å²) < 4.78 is 34.8. The SMILES string of the molecule is CCCOc1cccc2c1CNC([C@@H](O)[C@H](Cc1cc(F)cc(F)c1)NC(=O)C(CCc1ccccc1)N1CCC(NC(C)=O)([C@H](C)CC)C1=O)C2. The van der Waals surface area contributed by atoms with Crippen LogP contribution in [0.4, 0.5) is 8.78 Å². The van der Waals surface area contributed by atoms with Crippen LogP contribution in [-0.4, -0.2) is 70.6 Å². The van der Waals surface area contributed by atoms with Gasteiger partial charge in [0.15, 0.2) is 0 Å². The minimum Gasteiger partial charge on any atom is -0.493 e. The van der Waals surface area contributed by atoms with Gasteiger partial charge in [0, 0.05) is 37.7 Å². The van der Waals surface area contributed by atoms with Gasteiger partial charge in [0.1, 0.15) is 29.0 Å². The van der Waals surface area contributed by atoms with Crippen LogP contribution >= 0.6 is 0 Å². The molecule has 4 N–H and O–H groups in total. The summed E-state index contributed by atoms with van der Waals surface area (Å²) in [7, 11) is 0. The summed E-state index contributed by atoms with van der Waals surface area (Å²) in [5.74, 6) is -2.05. The number of fused-ring (bicyclic) bond motifs is 1. The van der Waals surface area contributed by atoms with Gasteiger partial charge < -0.3 is 30.7 Å². The number of aliphatic hydroxyl groups excluding tert-OH is 1. The monoisotopic (exact) mass is 718 g/mol. The minimum atomic E-state index is -1.17. The first-order valence-electron chi connectivity index (χ1n) is 18.5. The predicted molar refractivity (Wildman–Crippen MR) is 195 cm³/mol. The van der Waals surface area contributed by atoms with E-state index in [0.717, 1.165) is 34.9 Å². The van der Waals surface area contributed by atoms with Crippen molar-refractivity contribution in [1.29, 1.82) is 0 Å². The summed E-state index contributed by atoms with van der Waals surface area (Å²) in [5.41, 5.74) is 2.11. The molecule has 0 spiro atoms. The fraction of sp³-hybridized carbons (Fsp3) is 0.488. The Morgan fingerprint density at radius 3 is 2.46 bits per heavy atom. The van der Waals surface area contributed by atoms with Crippen LogP contribution in [0.2, 0.25) is 0 Å². The summed E-state index contributed by atoms with van der Waals surface area (Å²) in [6, 6.07) is 16.2. The molecule has 1 saturated heterocycles. The fourth-order valence-corrected chi connectivity index (χ4v) is 7.73. The molecule has 0 aliphatic carbocycles. The molecule has 2 aliphatic rings. The molecule has 1 fully saturated rings. The Kier molecular flexibility index (Phi) is 13.0. The number of aryl methyl sites for hydroxylation is 1. The number of hydrogen-bond acceptors (Lipinski definition) is 6. The summed E-state index contributed by atoms with van der Waals surface area (Å²) in [6.07, 6.45) is 1.82. The van der Waals surface area contributed by atoms with Gasteiger partial charge in [-0.25, -0.2) is 8.78 Å². The zero-order chi connectivity index (χ0) is 37.4. The first-order valence-corrected chi connectivity index (χ1v) is 18.5. The highest BCUT2D eigenvalue weighted by Gasteiger charge is 2.53. The lowest BCUT2D eigenvalue weighted by Gasteiger charge is -2.37. The van der Waals surface area contributed by atoms with Gasteiger partial charge in [-0.2, -0.15) is 0 Å². The molecule has 6 atom stereocenters. The molecule has 5 rings (SSSR count). The van der Waals surface area contributed by atoms with E-state index in [1.807, 2.05) is 69.3 Å². The zero-order valence-corrected chi connectivity index (χ0v) is 30.6. The number of aliphatic hydroxyl groups is 1. The number of carbonyl (C=O) groups is 3. The number of carbonyl (C=O) groups excluding carboxylic acids is 3. The lowest BCUT2D eigenvalue weighted by molar-refractivity contribution is -0.144. The average Bonchev–Trinajstić information content (AvgIpc) is 3.44. The van der Waals surface area contributed by atoms with Crippen LogP contribution in [0.1, 0.15) is 75.6 Å². The summed E-state index contributed by atoms with van der Waals surface area (Å²) in [4.78, 5) is 42.8. The predicted octanol–water partition coefficient (Wildman–Crippen LogP) is 5.01. The number of hydrogen-bond donors (Lipinski definition) is 4. The van der Waals surface area contributed by atoms with Crippen LogP contribution < -0.4 is 20.7 Å². The zero-order valence-electron chi connectivity index (χ0n) is 30.6. The van der Waals surface area contributed by atoms with Crippen LogP contribution in [0.3, 0.4) is 0 Å². The second-order valence-electron chi connectivity index (χ2n) is 14.3. The maximum atomic E-state index is 14.5. The van der Waals surface area contributed by atoms with E-state index >= 15 is 0 Å². The number of ether oxygens (including phenoxy) is 1. The standard InChI is InChI=1S/C41H52F2N4O5/c1-5-19-52-37-14-10-13-30-23-34(44-25-33(30)37)38(49)35(22-29-20-31(42)24-32(43)21-29)45-39(50)36(16-15-28-11-8-7-9-12-28)47-18-17-41(40(47)51,26(3)6-2)46-27(4)48/h7-14,20-21,24,26,34-36,38,44,49H,5-6,15-19,22-23,25H2,1-4H3,(H,45,50)(H,46,48)/t26-,34?,35+,36?,38-,41?/m1/s1. The molecule has 3 unspecified atom stereocenters. The van der Waals surface area contributed by atoms with E-state index in [9.17, 15) is 28.3 Å². The van der Waals surface area contributed by atoms with Gasteiger partial charge in [0.2, 0.25) is 17.7 Å². The van der Waals surface area contributed by atoms with Crippen LogP contribution in [0.5, 0.6) is 5.75 Å². The third-order valence-corrected chi connectivity index (χ3v) is 10.7. The largest absolute Gasteiger partial charge is 0.493 e. The molecule has 0 aromatic heterocycles. The lowest BCUT2D eigenvalue weighted by Crippen LogP contribution is -2.61. The molecule has 52 heavy (non-hydrogen) atoms. The number of halogens is 2. The Labute approximate surface area is 305 Å². The molecule has 0 bridgehead atoms. The van der Waals surface area contributed by atoms with Gasteiger partial charge in [0.05, 0.1) is 18.8 Å². The van der Waals surface area contributed by atoms with Gasteiger partial charge in [-0.15, -0.1) is 0 Å². The number of rotatable bonds is 16. The number of nitrogens with one attached hydrogen (secondary N) is 3. The summed E-state index contributed by atoms with van der Waals surface area (Å²) >= 11 is 0. The first kappa shape index (κ1) is 38.9. The van der Waals surface area contributed by atoms with Crippen molar-refractivity contribution >= 4 is 17.7 Å². The molecule has 0 radical (unpaired) electrons. The Balaban J connectivity index is 1.45. The number of amides is 3. The Hall–Kier alpha value is -4.35. The van der Waals surface area contributed by atoms with E-state index in [4.69, 9.17) is 4.74 Å². The van der Waals surface area contributed by atoms with Crippen LogP contribution in [0.15, 0.2) is 66.7 Å². The Bertz CT molecular complexity index is 1690. The van der Waals surface area contributed by atoms with Crippen molar-refractivity contribution in [3.8, 4) is 5.75 Å². The van der Waals surface area contributed by atoms with Crippen LogP contribution in [0, 0.1) is 17.6 Å². The quantitative estimate of drug-likeness (QED) is 0.165. The van der Waals surface area contributed by atoms with Gasteiger partial charge in [-0.3, -0.25) is 14.4 Å². The summed E-state index contributed by atoms with van der Waals surface area (Å²) in [5, 5.41) is 21.4. The van der Waals surface area contributed by atoms with Crippen molar-refractivity contribution in [3.63, 3.8) is 0 Å². The smallest absolute Gasteiger partial charge is 0.249 e. The van der Waals surface area contributed by atoms with Crippen LogP contribution in [0.25, 0.3) is 0 Å². The number of benzene rings is 3. The fourth-order valence-electron chi connectivity index (χ4n) is 7.73. The highest BCUT2D eigenvalue weighted by atomic mass is 19.1. The molecule has 3 aromatic carbocycles. The third kappa shape index (κ3) is 8.98. The van der Waals surface area contributed by atoms with Gasteiger partial charge in [-0.05, 0) is 79.3 Å². The van der Waals surface area contributed by atoms with Gasteiger partial charge in [-0.1, -0.05) is 69.7 Å². The van der Waals surface area contributed by atoms with Crippen molar-refractivity contribution in [3.05, 3.63) is 101 Å². The average molecular weight is 719 g/mol. The van der Waals surface area contributed by atoms with Crippen LogP contribution in [-0.2, 0) is 40.2 Å². The molecule has 11 heteroatoms. The van der Waals surface area contributed by atoms with Crippen molar-refractivity contribution < 1.29 is 33.0 Å². The second kappa shape index (κ2) is 17.4. The number of likely N-dealkylation sites (tertiary alicyclic amines) is 1. The molecular weight excluding hydrogens is 666 g/mol. The highest BCUT2D eigenvalue weighted by molar-refractivity contribution is 5.96. The molecule has 3 amide bonds. The van der Waals surface area contributed by atoms with Crippen molar-refractivity contribution in [2.24, 2.45) is 5.92 Å². The first-order chi connectivity index (χ1) is 24.9. The van der Waals surface area contributed by atoms with Crippen molar-refractivity contribution in [2.45, 2.75) is 109 Å². The highest BCUT2D eigenvalue weighted by Crippen LogP contribution is 2.35. The number of nitrogens with zero attached hydrogens (tertiary/aromatic N) is 1. The lowest BCUT2D eigenvalue weighted by atomic mass is 9.81. The molecule has 3 aromatic rings. The van der Waals surface area contributed by atoms with E-state index in [0.29, 0.717) is 38.8 Å². The summed E-state index contributed by atoms with van der Waals surface area (Å²) in [6.45, 7) is 8.57. The molecular formula is C41H52F2N4O5. The maximum absolute atomic E-state index is 14.5. The normalized spacial score (nSPS) is 20.8. The topological polar surface area (TPSA) is 120 Å². The molecule has 280 valence electrons. The van der Waals surface area contributed by atoms with E-state index in [1.54, 1.807) is 4.90 Å². The molecule has 0 saturated carbocycles. The van der Waals surface area contributed by atoms with E-state index in [1.165, 1.54) is 19.1 Å². The molecule has 9 nitrogen and oxygen atoms in total. The second-order valence-corrected chi connectivity index (χ2v) is 14.3. The molecule has 2 heterocycles. The van der Waals surface area contributed by atoms with E-state index in [-0.39, 0.29) is 42.7 Å². The van der Waals surface area contributed by atoms with Crippen molar-refractivity contribution in [1.82, 2.24) is 20.9 Å². The van der Waals surface area contributed by atoms with E-state index in [2.05, 4.69) is 16.0 Å². The van der Waals surface area contributed by atoms with E-state index < -0.39 is 47.3 Å². The Morgan fingerprint density at radius 1 is 1.06 bits per heavy atom. The van der Waals surface area contributed by atoms with Gasteiger partial charge in [0.25, 0.3) is 0 Å². The maximum Gasteiger partial charge on any atom is 0.249 e. The van der Waals surface area contributed by atoms with Crippen molar-refractivity contribution in [2.75, 3.05) is 13.2 Å². The van der Waals surface area contributed by atoms with Gasteiger partial charge >= 0.3 is 0 Å².